The van der Waals surface area contributed by atoms with Crippen LogP contribution in [0.5, 0.6) is 0 Å². The molecule has 6 nitrogen and oxygen atoms in total. The molecule has 198 valence electrons. The van der Waals surface area contributed by atoms with Crippen molar-refractivity contribution in [1.29, 1.82) is 0 Å². The molecule has 0 spiro atoms. The van der Waals surface area contributed by atoms with Crippen molar-refractivity contribution in [2.24, 2.45) is 0 Å². The van der Waals surface area contributed by atoms with Crippen LogP contribution in [0.3, 0.4) is 0 Å². The molecule has 1 rings (SSSR count). The second-order valence-electron chi connectivity index (χ2n) is 8.91. The maximum Gasteiger partial charge on any atom is 0.499 e. The highest BCUT2D eigenvalue weighted by molar-refractivity contribution is 9.09. The van der Waals surface area contributed by atoms with Gasteiger partial charge in [-0.1, -0.05) is 137 Å². The van der Waals surface area contributed by atoms with Crippen LogP contribution in [0, 0.1) is 0 Å². The van der Waals surface area contributed by atoms with Crippen molar-refractivity contribution in [3.63, 3.8) is 0 Å². The summed E-state index contributed by atoms with van der Waals surface area (Å²) in [4.78, 5) is 15.1. The molecule has 0 aliphatic heterocycles. The van der Waals surface area contributed by atoms with E-state index in [0.29, 0.717) is 17.5 Å². The summed E-state index contributed by atoms with van der Waals surface area (Å²) in [6.45, 7) is 4.43. The third-order valence-corrected chi connectivity index (χ3v) is 6.89. The van der Waals surface area contributed by atoms with E-state index in [4.69, 9.17) is 18.8 Å². The second kappa shape index (κ2) is 19.9. The van der Waals surface area contributed by atoms with E-state index in [1.165, 1.54) is 77.0 Å². The lowest BCUT2D eigenvalue weighted by molar-refractivity contribution is -0.390. The molecule has 0 bridgehead atoms. The minimum Gasteiger partial charge on any atom is -0.344 e. The number of rotatable bonds is 23. The number of phosphoric acid groups is 1. The number of hydrogen-bond donors (Lipinski definition) is 1. The van der Waals surface area contributed by atoms with Crippen molar-refractivity contribution >= 4 is 23.8 Å². The van der Waals surface area contributed by atoms with Gasteiger partial charge in [-0.3, -0.25) is 4.52 Å². The summed E-state index contributed by atoms with van der Waals surface area (Å²) in [5, 5.41) is 0.409. The van der Waals surface area contributed by atoms with Crippen LogP contribution in [0.4, 0.5) is 0 Å². The molecule has 2 atom stereocenters. The second-order valence-corrected chi connectivity index (χ2v) is 11.0. The fourth-order valence-electron chi connectivity index (χ4n) is 3.75. The summed E-state index contributed by atoms with van der Waals surface area (Å²) >= 11 is 3.14. The normalized spacial score (nSPS) is 15.2. The zero-order valence-corrected chi connectivity index (χ0v) is 23.7. The molecule has 0 saturated carbocycles. The van der Waals surface area contributed by atoms with Gasteiger partial charge in [-0.2, -0.15) is 4.89 Å². The van der Waals surface area contributed by atoms with Crippen molar-refractivity contribution in [1.82, 2.24) is 0 Å². The number of phosphoric ester groups is 1. The minimum absolute atomic E-state index is 0.0269. The average Bonchev–Trinajstić information content (AvgIpc) is 2.84. The molecule has 0 fully saturated rings. The lowest BCUT2D eigenvalue weighted by Gasteiger charge is -2.29. The lowest BCUT2D eigenvalue weighted by atomic mass is 10.0. The molecule has 0 radical (unpaired) electrons. The van der Waals surface area contributed by atoms with Crippen molar-refractivity contribution in [3.8, 4) is 0 Å². The Morgan fingerprint density at radius 2 is 1.32 bits per heavy atom. The Balaban J connectivity index is 2.21. The smallest absolute Gasteiger partial charge is 0.344 e. The minimum atomic E-state index is -4.33. The predicted molar refractivity (Wildman–Crippen MR) is 142 cm³/mol. The Bertz CT molecular complexity index is 647. The van der Waals surface area contributed by atoms with E-state index in [0.717, 1.165) is 12.8 Å². The van der Waals surface area contributed by atoms with Gasteiger partial charge >= 0.3 is 7.82 Å². The van der Waals surface area contributed by atoms with Gasteiger partial charge in [0.05, 0.1) is 13.2 Å². The number of halogens is 1. The van der Waals surface area contributed by atoms with Gasteiger partial charge in [0.2, 0.25) is 5.79 Å². The van der Waals surface area contributed by atoms with E-state index >= 15 is 0 Å². The van der Waals surface area contributed by atoms with Gasteiger partial charge in [0, 0.05) is 10.9 Å². The van der Waals surface area contributed by atoms with E-state index in [-0.39, 0.29) is 6.61 Å². The van der Waals surface area contributed by atoms with Gasteiger partial charge in [-0.15, -0.1) is 4.67 Å². The molecule has 2 unspecified atom stereocenters. The highest BCUT2D eigenvalue weighted by atomic mass is 79.9. The van der Waals surface area contributed by atoms with Gasteiger partial charge in [0.15, 0.2) is 0 Å². The first kappa shape index (κ1) is 31.8. The van der Waals surface area contributed by atoms with Crippen molar-refractivity contribution < 1.29 is 28.3 Å². The topological polar surface area (TPSA) is 74.2 Å². The molecule has 8 heteroatoms. The number of hydrogen-bond acceptors (Lipinski definition) is 5. The molecule has 0 aliphatic rings. The summed E-state index contributed by atoms with van der Waals surface area (Å²) in [7, 11) is -4.33. The highest BCUT2D eigenvalue weighted by Crippen LogP contribution is 2.46. The van der Waals surface area contributed by atoms with Crippen molar-refractivity contribution in [3.05, 3.63) is 35.9 Å². The number of alkyl halides is 1. The molecule has 1 aromatic carbocycles. The van der Waals surface area contributed by atoms with Crippen LogP contribution < -0.4 is 0 Å². The lowest BCUT2D eigenvalue weighted by Crippen LogP contribution is -2.30. The average molecular weight is 566 g/mol. The van der Waals surface area contributed by atoms with E-state index in [9.17, 15) is 9.46 Å². The van der Waals surface area contributed by atoms with Gasteiger partial charge < -0.3 is 9.63 Å². The molecule has 0 aromatic heterocycles. The van der Waals surface area contributed by atoms with E-state index in [1.807, 2.05) is 30.3 Å². The van der Waals surface area contributed by atoms with Gasteiger partial charge in [0.25, 0.3) is 0 Å². The van der Waals surface area contributed by atoms with Crippen LogP contribution in [-0.4, -0.2) is 23.4 Å². The molecule has 1 aromatic rings. The standard InChI is InChI=1S/C26H46BrO6P/c1-3-4-5-6-7-8-9-10-11-12-13-14-15-19-23-30-26(2,25-20-17-16-18-21-25)32-33-34(28,29)31-24-22-27/h16-18,20-21H,3-15,19,22-24H2,1-2H3,(H,28,29). The maximum absolute atomic E-state index is 12.0. The summed E-state index contributed by atoms with van der Waals surface area (Å²) in [5.74, 6) is -1.31. The Morgan fingerprint density at radius 3 is 1.82 bits per heavy atom. The van der Waals surface area contributed by atoms with Crippen molar-refractivity contribution in [2.75, 3.05) is 18.5 Å². The SMILES string of the molecule is CCCCCCCCCCCCCCCCOC(C)(OOP(=O)(O)OCCBr)c1ccccc1. The molecule has 0 saturated heterocycles. The maximum atomic E-state index is 12.0. The van der Waals surface area contributed by atoms with E-state index in [2.05, 4.69) is 22.9 Å². The quantitative estimate of drug-likeness (QED) is 0.0357. The summed E-state index contributed by atoms with van der Waals surface area (Å²) in [5.41, 5.74) is 0.695. The fraction of sp³-hybridized carbons (Fsp3) is 0.769. The van der Waals surface area contributed by atoms with Gasteiger partial charge in [-0.25, -0.2) is 4.57 Å². The molecule has 0 amide bonds. The van der Waals surface area contributed by atoms with Crippen LogP contribution in [0.1, 0.15) is 109 Å². The zero-order valence-electron chi connectivity index (χ0n) is 21.2. The monoisotopic (exact) mass is 564 g/mol. The van der Waals surface area contributed by atoms with Gasteiger partial charge in [-0.05, 0) is 13.3 Å². The molecule has 0 heterocycles. The Kier molecular flexibility index (Phi) is 18.6. The van der Waals surface area contributed by atoms with Crippen LogP contribution >= 0.6 is 23.8 Å². The van der Waals surface area contributed by atoms with Gasteiger partial charge in [0.1, 0.15) is 0 Å². The number of ether oxygens (including phenoxy) is 1. The Morgan fingerprint density at radius 1 is 0.824 bits per heavy atom. The summed E-state index contributed by atoms with van der Waals surface area (Å²) in [6.07, 6.45) is 18.1. The predicted octanol–water partition coefficient (Wildman–Crippen LogP) is 8.82. The third-order valence-electron chi connectivity index (χ3n) is 5.80. The number of unbranched alkanes of at least 4 members (excludes halogenated alkanes) is 13. The Hall–Kier alpha value is -0.270. The first-order valence-corrected chi connectivity index (χ1v) is 15.7. The van der Waals surface area contributed by atoms with Crippen LogP contribution in [-0.2, 0) is 29.2 Å². The highest BCUT2D eigenvalue weighted by Gasteiger charge is 2.34. The zero-order chi connectivity index (χ0) is 25.0. The van der Waals surface area contributed by atoms with Crippen LogP contribution in [0.25, 0.3) is 0 Å². The summed E-state index contributed by atoms with van der Waals surface area (Å²) < 4.78 is 27.5. The molecule has 0 aliphatic carbocycles. The van der Waals surface area contributed by atoms with Crippen molar-refractivity contribution in [2.45, 2.75) is 110 Å². The van der Waals surface area contributed by atoms with E-state index in [1.54, 1.807) is 6.92 Å². The molecular weight excluding hydrogens is 519 g/mol. The third kappa shape index (κ3) is 15.7. The first-order chi connectivity index (χ1) is 16.4. The van der Waals surface area contributed by atoms with Crippen LogP contribution in [0.15, 0.2) is 30.3 Å². The summed E-state index contributed by atoms with van der Waals surface area (Å²) in [6, 6.07) is 9.25. The molecule has 1 N–H and O–H groups in total. The van der Waals surface area contributed by atoms with Crippen LogP contribution in [0.2, 0.25) is 0 Å². The largest absolute Gasteiger partial charge is 0.499 e. The first-order valence-electron chi connectivity index (χ1n) is 13.0. The van der Waals surface area contributed by atoms with E-state index < -0.39 is 13.6 Å². The fourth-order valence-corrected chi connectivity index (χ4v) is 4.76. The molecule has 34 heavy (non-hydrogen) atoms. The Labute approximate surface area is 215 Å². The molecular formula is C26H46BrO6P. The number of benzene rings is 1.